The van der Waals surface area contributed by atoms with E-state index in [-0.39, 0.29) is 5.56 Å². The van der Waals surface area contributed by atoms with E-state index in [9.17, 15) is 9.59 Å². The topological polar surface area (TPSA) is 145 Å². The highest BCUT2D eigenvalue weighted by Crippen LogP contribution is 2.13. The van der Waals surface area contributed by atoms with Crippen molar-refractivity contribution >= 4 is 23.2 Å². The van der Waals surface area contributed by atoms with Crippen LogP contribution in [-0.4, -0.2) is 36.1 Å². The van der Waals surface area contributed by atoms with Crippen LogP contribution in [0.2, 0.25) is 0 Å². The number of hydrogen-bond donors (Lipinski definition) is 4. The maximum atomic E-state index is 11.4. The van der Waals surface area contributed by atoms with Crippen molar-refractivity contribution in [2.75, 3.05) is 5.43 Å². The van der Waals surface area contributed by atoms with Gasteiger partial charge in [0.05, 0.1) is 18.1 Å². The first kappa shape index (κ1) is 11.8. The van der Waals surface area contributed by atoms with Crippen LogP contribution in [0.1, 0.15) is 5.56 Å². The lowest BCUT2D eigenvalue weighted by atomic mass is 10.4. The number of anilines is 1. The van der Waals surface area contributed by atoms with Crippen molar-refractivity contribution in [1.29, 1.82) is 0 Å². The molecule has 0 spiro atoms. The van der Waals surface area contributed by atoms with E-state index >= 15 is 0 Å². The van der Waals surface area contributed by atoms with Crippen LogP contribution in [0.5, 0.6) is 0 Å². The number of fused-ring (bicyclic) bond motifs is 1. The third-order valence-electron chi connectivity index (χ3n) is 2.45. The molecule has 0 unspecified atom stereocenters. The van der Waals surface area contributed by atoms with Crippen LogP contribution in [0.25, 0.3) is 11.2 Å². The fourth-order valence-corrected chi connectivity index (χ4v) is 1.53. The van der Waals surface area contributed by atoms with Gasteiger partial charge in [-0.25, -0.2) is 19.7 Å². The second-order valence-electron chi connectivity index (χ2n) is 3.72. The smallest absolute Gasteiger partial charge is 0.325 e. The Labute approximate surface area is 110 Å². The van der Waals surface area contributed by atoms with Gasteiger partial charge in [-0.05, 0) is 0 Å². The molecule has 0 radical (unpaired) electrons. The van der Waals surface area contributed by atoms with E-state index in [1.165, 1.54) is 25.1 Å². The van der Waals surface area contributed by atoms with Gasteiger partial charge in [0.1, 0.15) is 11.8 Å². The van der Waals surface area contributed by atoms with Gasteiger partial charge in [-0.15, -0.1) is 0 Å². The largest absolute Gasteiger partial charge is 0.340 e. The monoisotopic (exact) mass is 272 g/mol. The fourth-order valence-electron chi connectivity index (χ4n) is 1.53. The molecule has 3 rings (SSSR count). The molecule has 0 aromatic carbocycles. The van der Waals surface area contributed by atoms with E-state index in [1.807, 2.05) is 0 Å². The van der Waals surface area contributed by atoms with Crippen LogP contribution >= 0.6 is 0 Å². The summed E-state index contributed by atoms with van der Waals surface area (Å²) in [6.45, 7) is 0. The number of imidazole rings is 1. The predicted octanol–water partition coefficient (Wildman–Crippen LogP) is -0.825. The first-order valence-electron chi connectivity index (χ1n) is 5.49. The molecular formula is C10H8N8O2. The number of nitrogens with one attached hydrogen (secondary N) is 4. The van der Waals surface area contributed by atoms with Crippen molar-refractivity contribution < 1.29 is 0 Å². The zero-order valence-electron chi connectivity index (χ0n) is 9.91. The van der Waals surface area contributed by atoms with E-state index in [2.05, 4.69) is 40.4 Å². The molecule has 0 amide bonds. The summed E-state index contributed by atoms with van der Waals surface area (Å²) in [7, 11) is 0. The van der Waals surface area contributed by atoms with Gasteiger partial charge in [0.25, 0.3) is 5.56 Å². The molecule has 10 heteroatoms. The summed E-state index contributed by atoms with van der Waals surface area (Å²) in [5, 5.41) is 3.88. The molecule has 3 aromatic heterocycles. The maximum absolute atomic E-state index is 11.4. The summed E-state index contributed by atoms with van der Waals surface area (Å²) in [6.07, 6.45) is 5.35. The van der Waals surface area contributed by atoms with Crippen LogP contribution in [0, 0.1) is 0 Å². The van der Waals surface area contributed by atoms with Gasteiger partial charge in [-0.3, -0.25) is 15.2 Å². The lowest BCUT2D eigenvalue weighted by Gasteiger charge is -1.98. The highest BCUT2D eigenvalue weighted by Gasteiger charge is 2.04. The number of hydrazone groups is 1. The summed E-state index contributed by atoms with van der Waals surface area (Å²) < 4.78 is 0. The Morgan fingerprint density at radius 3 is 2.95 bits per heavy atom. The molecule has 10 nitrogen and oxygen atoms in total. The number of aromatic amines is 3. The van der Waals surface area contributed by atoms with E-state index in [1.54, 1.807) is 0 Å². The van der Waals surface area contributed by atoms with Gasteiger partial charge >= 0.3 is 5.69 Å². The molecule has 0 aliphatic carbocycles. The average Bonchev–Trinajstić information content (AvgIpc) is 2.90. The number of rotatable bonds is 3. The van der Waals surface area contributed by atoms with E-state index in [4.69, 9.17) is 0 Å². The third-order valence-corrected chi connectivity index (χ3v) is 2.45. The van der Waals surface area contributed by atoms with Gasteiger partial charge in [-0.1, -0.05) is 0 Å². The molecule has 0 saturated carbocycles. The fraction of sp³-hybridized carbons (Fsp3) is 0. The lowest BCUT2D eigenvalue weighted by molar-refractivity contribution is 1.03. The highest BCUT2D eigenvalue weighted by atomic mass is 16.2. The standard InChI is InChI=1S/C10H8N8O2/c19-9-5(1-11-10(20)17-9)2-16-18-8-6-7(13-3-12-6)14-4-15-8/h1-4H,(H2,11,17,19,20)(H2,12,13,14,15,18). The molecule has 3 aromatic rings. The van der Waals surface area contributed by atoms with Crippen molar-refractivity contribution in [3.8, 4) is 0 Å². The molecule has 0 atom stereocenters. The highest BCUT2D eigenvalue weighted by molar-refractivity contribution is 5.83. The molecule has 4 N–H and O–H groups in total. The van der Waals surface area contributed by atoms with Gasteiger partial charge in [0.15, 0.2) is 11.5 Å². The molecule has 0 bridgehead atoms. The van der Waals surface area contributed by atoms with Gasteiger partial charge in [0, 0.05) is 6.20 Å². The minimum Gasteiger partial charge on any atom is -0.340 e. The average molecular weight is 272 g/mol. The SMILES string of the molecule is O=c1[nH]cc(C=NNc2ncnc3nc[nH]c23)c(=O)[nH]1. The zero-order valence-corrected chi connectivity index (χ0v) is 9.91. The minimum absolute atomic E-state index is 0.201. The summed E-state index contributed by atoms with van der Waals surface area (Å²) in [5.41, 5.74) is 2.86. The predicted molar refractivity (Wildman–Crippen MR) is 70.6 cm³/mol. The quantitative estimate of drug-likeness (QED) is 0.362. The first-order chi connectivity index (χ1) is 9.74. The summed E-state index contributed by atoms with van der Waals surface area (Å²) in [6, 6.07) is 0. The van der Waals surface area contributed by atoms with Crippen LogP contribution < -0.4 is 16.7 Å². The Bertz CT molecular complexity index is 890. The Hall–Kier alpha value is -3.30. The van der Waals surface area contributed by atoms with Gasteiger partial charge < -0.3 is 9.97 Å². The molecule has 0 aliphatic rings. The van der Waals surface area contributed by atoms with Gasteiger partial charge in [-0.2, -0.15) is 5.10 Å². The van der Waals surface area contributed by atoms with E-state index in [0.717, 1.165) is 0 Å². The Morgan fingerprint density at radius 2 is 2.10 bits per heavy atom. The van der Waals surface area contributed by atoms with Crippen molar-refractivity contribution in [1.82, 2.24) is 29.9 Å². The second kappa shape index (κ2) is 4.76. The molecule has 0 fully saturated rings. The Balaban J connectivity index is 1.86. The van der Waals surface area contributed by atoms with Crippen LogP contribution in [0.15, 0.2) is 33.5 Å². The summed E-state index contributed by atoms with van der Waals surface area (Å²) in [5.74, 6) is 0.421. The molecule has 0 aliphatic heterocycles. The van der Waals surface area contributed by atoms with Crippen molar-refractivity contribution in [2.24, 2.45) is 5.10 Å². The summed E-state index contributed by atoms with van der Waals surface area (Å²) in [4.78, 5) is 41.5. The van der Waals surface area contributed by atoms with Crippen molar-refractivity contribution in [2.45, 2.75) is 0 Å². The normalized spacial score (nSPS) is 11.2. The van der Waals surface area contributed by atoms with E-state index < -0.39 is 11.2 Å². The van der Waals surface area contributed by atoms with Crippen molar-refractivity contribution in [3.63, 3.8) is 0 Å². The first-order valence-corrected chi connectivity index (χ1v) is 5.49. The second-order valence-corrected chi connectivity index (χ2v) is 3.72. The van der Waals surface area contributed by atoms with Crippen LogP contribution in [-0.2, 0) is 0 Å². The molecule has 0 saturated heterocycles. The Morgan fingerprint density at radius 1 is 1.20 bits per heavy atom. The molecule has 20 heavy (non-hydrogen) atoms. The number of nitrogens with zero attached hydrogens (tertiary/aromatic N) is 4. The zero-order chi connectivity index (χ0) is 13.9. The molecular weight excluding hydrogens is 264 g/mol. The minimum atomic E-state index is -0.574. The van der Waals surface area contributed by atoms with Crippen LogP contribution in [0.3, 0.4) is 0 Å². The third kappa shape index (κ3) is 2.16. The van der Waals surface area contributed by atoms with Crippen LogP contribution in [0.4, 0.5) is 5.82 Å². The number of aromatic nitrogens is 6. The van der Waals surface area contributed by atoms with Crippen molar-refractivity contribution in [3.05, 3.63) is 45.3 Å². The maximum Gasteiger partial charge on any atom is 0.325 e. The lowest BCUT2D eigenvalue weighted by Crippen LogP contribution is -2.24. The number of hydrogen-bond acceptors (Lipinski definition) is 7. The number of H-pyrrole nitrogens is 3. The van der Waals surface area contributed by atoms with E-state index in [0.29, 0.717) is 17.0 Å². The molecule has 3 heterocycles. The Kier molecular flexibility index (Phi) is 2.80. The molecule has 100 valence electrons. The summed E-state index contributed by atoms with van der Waals surface area (Å²) >= 11 is 0. The van der Waals surface area contributed by atoms with Gasteiger partial charge in [0.2, 0.25) is 0 Å².